The maximum Gasteiger partial charge on any atom is 0.214 e. The molecule has 130 valence electrons. The molecule has 1 aromatic heterocycles. The molecule has 3 aromatic rings. The van der Waals surface area contributed by atoms with E-state index in [1.54, 1.807) is 18.1 Å². The Balaban J connectivity index is 1.83. The van der Waals surface area contributed by atoms with E-state index in [0.717, 1.165) is 15.6 Å². The van der Waals surface area contributed by atoms with Crippen molar-refractivity contribution in [2.24, 2.45) is 0 Å². The third kappa shape index (κ3) is 4.40. The Hall–Kier alpha value is -2.32. The highest BCUT2D eigenvalue weighted by molar-refractivity contribution is 9.10. The predicted molar refractivity (Wildman–Crippen MR) is 102 cm³/mol. The molecule has 3 rings (SSSR count). The summed E-state index contributed by atoms with van der Waals surface area (Å²) in [5.74, 6) is 1.36. The molecule has 0 aliphatic carbocycles. The van der Waals surface area contributed by atoms with Gasteiger partial charge in [0, 0.05) is 10.0 Å². The van der Waals surface area contributed by atoms with Crippen molar-refractivity contribution < 1.29 is 9.47 Å². The van der Waals surface area contributed by atoms with E-state index in [0.29, 0.717) is 29.4 Å². The van der Waals surface area contributed by atoms with Gasteiger partial charge < -0.3 is 14.9 Å². The molecular weight excluding hydrogens is 404 g/mol. The van der Waals surface area contributed by atoms with Gasteiger partial charge in [-0.05, 0) is 29.9 Å². The fourth-order valence-electron chi connectivity index (χ4n) is 2.33. The molecule has 0 spiro atoms. The van der Waals surface area contributed by atoms with Crippen LogP contribution < -0.4 is 14.9 Å². The van der Waals surface area contributed by atoms with Crippen LogP contribution in [0.2, 0.25) is 0 Å². The van der Waals surface area contributed by atoms with Crippen LogP contribution in [0.1, 0.15) is 11.1 Å². The Bertz CT molecular complexity index is 895. The van der Waals surface area contributed by atoms with Crippen LogP contribution in [0.3, 0.4) is 0 Å². The first kappa shape index (κ1) is 17.5. The fourth-order valence-corrected chi connectivity index (χ4v) is 2.98. The second-order valence-electron chi connectivity index (χ2n) is 5.24. The Morgan fingerprint density at radius 2 is 2.08 bits per heavy atom. The van der Waals surface area contributed by atoms with Gasteiger partial charge >= 0.3 is 0 Å². The molecule has 8 heteroatoms. The zero-order valence-corrected chi connectivity index (χ0v) is 15.9. The van der Waals surface area contributed by atoms with E-state index < -0.39 is 0 Å². The second-order valence-corrected chi connectivity index (χ2v) is 6.54. The molecule has 0 unspecified atom stereocenters. The third-order valence-corrected chi connectivity index (χ3v) is 4.28. The molecule has 25 heavy (non-hydrogen) atoms. The van der Waals surface area contributed by atoms with Crippen molar-refractivity contribution in [3.05, 3.63) is 69.2 Å². The standard InChI is InChI=1S/C17H17BrN4O2S/c1-23-15-8-14(18)7-13(9-20-22-11-19-21-17(22)25)16(15)24-10-12-5-3-2-4-6-12/h2-8,11,20H,9-10H2,1H3,(H,21,25). The first-order valence-electron chi connectivity index (χ1n) is 7.56. The Labute approximate surface area is 158 Å². The largest absolute Gasteiger partial charge is 0.493 e. The van der Waals surface area contributed by atoms with Gasteiger partial charge in [0.05, 0.1) is 13.7 Å². The number of rotatable bonds is 7. The minimum atomic E-state index is 0.455. The van der Waals surface area contributed by atoms with E-state index in [1.807, 2.05) is 42.5 Å². The first-order valence-corrected chi connectivity index (χ1v) is 8.76. The van der Waals surface area contributed by atoms with E-state index in [-0.39, 0.29) is 0 Å². The highest BCUT2D eigenvalue weighted by atomic mass is 79.9. The third-order valence-electron chi connectivity index (χ3n) is 3.53. The number of aromatic amines is 1. The van der Waals surface area contributed by atoms with Crippen molar-refractivity contribution in [3.63, 3.8) is 0 Å². The van der Waals surface area contributed by atoms with Gasteiger partial charge in [-0.25, -0.2) is 4.68 Å². The van der Waals surface area contributed by atoms with Crippen molar-refractivity contribution in [1.82, 2.24) is 14.9 Å². The predicted octanol–water partition coefficient (Wildman–Crippen LogP) is 4.03. The van der Waals surface area contributed by atoms with Gasteiger partial charge in [-0.3, -0.25) is 5.10 Å². The topological polar surface area (TPSA) is 64.1 Å². The van der Waals surface area contributed by atoms with E-state index in [4.69, 9.17) is 21.7 Å². The minimum absolute atomic E-state index is 0.455. The average Bonchev–Trinajstić information content (AvgIpc) is 3.04. The molecular formula is C17H17BrN4O2S. The molecule has 0 aliphatic heterocycles. The number of hydrogen-bond acceptors (Lipinski definition) is 5. The lowest BCUT2D eigenvalue weighted by Crippen LogP contribution is -2.14. The van der Waals surface area contributed by atoms with Crippen molar-refractivity contribution in [2.75, 3.05) is 12.5 Å². The maximum absolute atomic E-state index is 6.06. The summed E-state index contributed by atoms with van der Waals surface area (Å²) in [5, 5.41) is 6.59. The zero-order valence-electron chi connectivity index (χ0n) is 13.5. The highest BCUT2D eigenvalue weighted by Gasteiger charge is 2.13. The number of nitrogens with one attached hydrogen (secondary N) is 2. The highest BCUT2D eigenvalue weighted by Crippen LogP contribution is 2.35. The monoisotopic (exact) mass is 420 g/mol. The summed E-state index contributed by atoms with van der Waals surface area (Å²) in [4.78, 5) is 0. The van der Waals surface area contributed by atoms with Crippen molar-refractivity contribution in [1.29, 1.82) is 0 Å². The van der Waals surface area contributed by atoms with Gasteiger partial charge in [-0.1, -0.05) is 46.3 Å². The summed E-state index contributed by atoms with van der Waals surface area (Å²) in [7, 11) is 1.63. The lowest BCUT2D eigenvalue weighted by atomic mass is 10.2. The molecule has 0 atom stereocenters. The van der Waals surface area contributed by atoms with E-state index >= 15 is 0 Å². The first-order chi connectivity index (χ1) is 12.2. The number of benzene rings is 2. The summed E-state index contributed by atoms with van der Waals surface area (Å²) < 4.78 is 14.6. The molecule has 0 aliphatic rings. The molecule has 2 N–H and O–H groups in total. The van der Waals surface area contributed by atoms with Crippen molar-refractivity contribution >= 4 is 28.1 Å². The van der Waals surface area contributed by atoms with E-state index in [1.165, 1.54) is 0 Å². The molecule has 6 nitrogen and oxygen atoms in total. The summed E-state index contributed by atoms with van der Waals surface area (Å²) in [6.07, 6.45) is 1.59. The van der Waals surface area contributed by atoms with Crippen molar-refractivity contribution in [2.45, 2.75) is 13.2 Å². The Morgan fingerprint density at radius 1 is 1.28 bits per heavy atom. The van der Waals surface area contributed by atoms with Crippen LogP contribution in [0.25, 0.3) is 0 Å². The maximum atomic E-state index is 6.06. The second kappa shape index (κ2) is 8.17. The van der Waals surface area contributed by atoms with E-state index in [2.05, 4.69) is 31.6 Å². The van der Waals surface area contributed by atoms with Crippen LogP contribution in [0.5, 0.6) is 11.5 Å². The number of nitrogens with zero attached hydrogens (tertiary/aromatic N) is 2. The van der Waals surface area contributed by atoms with Gasteiger partial charge in [0.1, 0.15) is 12.9 Å². The number of aromatic nitrogens is 3. The zero-order chi connectivity index (χ0) is 17.6. The smallest absolute Gasteiger partial charge is 0.214 e. The molecule has 0 radical (unpaired) electrons. The minimum Gasteiger partial charge on any atom is -0.493 e. The van der Waals surface area contributed by atoms with Gasteiger partial charge in [0.15, 0.2) is 11.5 Å². The molecule has 1 heterocycles. The van der Waals surface area contributed by atoms with Crippen molar-refractivity contribution in [3.8, 4) is 11.5 Å². The lowest BCUT2D eigenvalue weighted by molar-refractivity contribution is 0.281. The van der Waals surface area contributed by atoms with Crippen LogP contribution in [-0.4, -0.2) is 22.0 Å². The SMILES string of the molecule is COc1cc(Br)cc(CNn2cn[nH]c2=S)c1OCc1ccccc1. The summed E-state index contributed by atoms with van der Waals surface area (Å²) >= 11 is 8.65. The number of hydrogen-bond donors (Lipinski definition) is 2. The van der Waals surface area contributed by atoms with Crippen LogP contribution in [0, 0.1) is 4.77 Å². The normalized spacial score (nSPS) is 10.5. The van der Waals surface area contributed by atoms with E-state index in [9.17, 15) is 0 Å². The van der Waals surface area contributed by atoms with Crippen LogP contribution in [0.4, 0.5) is 0 Å². The molecule has 0 amide bonds. The summed E-state index contributed by atoms with van der Waals surface area (Å²) in [6.45, 7) is 0.949. The molecule has 0 bridgehead atoms. The summed E-state index contributed by atoms with van der Waals surface area (Å²) in [6, 6.07) is 13.9. The summed E-state index contributed by atoms with van der Waals surface area (Å²) in [5.41, 5.74) is 5.21. The fraction of sp³-hybridized carbons (Fsp3) is 0.176. The average molecular weight is 421 g/mol. The van der Waals surface area contributed by atoms with Crippen LogP contribution in [0.15, 0.2) is 53.3 Å². The lowest BCUT2D eigenvalue weighted by Gasteiger charge is -2.17. The Morgan fingerprint density at radius 3 is 2.76 bits per heavy atom. The van der Waals surface area contributed by atoms with Crippen LogP contribution >= 0.6 is 28.1 Å². The molecule has 0 saturated heterocycles. The number of H-pyrrole nitrogens is 1. The van der Waals surface area contributed by atoms with Gasteiger partial charge in [0.2, 0.25) is 4.77 Å². The van der Waals surface area contributed by atoms with Gasteiger partial charge in [-0.15, -0.1) is 0 Å². The molecule has 2 aromatic carbocycles. The number of halogens is 1. The molecule has 0 saturated carbocycles. The number of ether oxygens (including phenoxy) is 2. The number of methoxy groups -OCH3 is 1. The Kier molecular flexibility index (Phi) is 5.72. The van der Waals surface area contributed by atoms with Gasteiger partial charge in [-0.2, -0.15) is 5.10 Å². The van der Waals surface area contributed by atoms with Crippen LogP contribution in [-0.2, 0) is 13.2 Å². The molecule has 0 fully saturated rings. The quantitative estimate of drug-likeness (QED) is 0.564. The van der Waals surface area contributed by atoms with Gasteiger partial charge in [0.25, 0.3) is 0 Å².